The highest BCUT2D eigenvalue weighted by molar-refractivity contribution is 7.07. The normalized spacial score (nSPS) is 12.0. The average Bonchev–Trinajstić information content (AvgIpc) is 2.85. The number of aryl methyl sites for hydroxylation is 1. The van der Waals surface area contributed by atoms with E-state index in [0.29, 0.717) is 6.54 Å². The zero-order valence-corrected chi connectivity index (χ0v) is 12.6. The average molecular weight is 280 g/mol. The Labute approximate surface area is 116 Å². The van der Waals surface area contributed by atoms with Gasteiger partial charge in [-0.15, -0.1) is 0 Å². The van der Waals surface area contributed by atoms with Gasteiger partial charge in [-0.1, -0.05) is 32.1 Å². The largest absolute Gasteiger partial charge is 0.315 e. The molecule has 0 radical (unpaired) electrons. The zero-order chi connectivity index (χ0) is 14.0. The first-order chi connectivity index (χ1) is 8.86. The van der Waals surface area contributed by atoms with E-state index in [1.807, 2.05) is 23.3 Å². The third-order valence-corrected chi connectivity index (χ3v) is 3.54. The van der Waals surface area contributed by atoms with Crippen LogP contribution in [0.15, 0.2) is 16.4 Å². The Bertz CT molecular complexity index is 603. The summed E-state index contributed by atoms with van der Waals surface area (Å²) in [6, 6.07) is 0. The Balaban J connectivity index is 2.01. The monoisotopic (exact) mass is 280 g/mol. The van der Waals surface area contributed by atoms with Gasteiger partial charge in [0, 0.05) is 48.4 Å². The van der Waals surface area contributed by atoms with Crippen molar-refractivity contribution in [2.75, 3.05) is 0 Å². The number of aromatic nitrogens is 3. The molecule has 104 valence electrons. The van der Waals surface area contributed by atoms with E-state index in [-0.39, 0.29) is 10.3 Å². The van der Waals surface area contributed by atoms with Crippen LogP contribution < -0.4 is 10.2 Å². The molecule has 0 bridgehead atoms. The Morgan fingerprint density at radius 2 is 2.16 bits per heavy atom. The summed E-state index contributed by atoms with van der Waals surface area (Å²) >= 11 is 1.19. The molecule has 0 atom stereocenters. The summed E-state index contributed by atoms with van der Waals surface area (Å²) in [7, 11) is 1.94. The van der Waals surface area contributed by atoms with Crippen LogP contribution in [-0.4, -0.2) is 14.8 Å². The van der Waals surface area contributed by atoms with Gasteiger partial charge in [0.2, 0.25) is 0 Å². The van der Waals surface area contributed by atoms with Crippen LogP contribution in [-0.2, 0) is 25.6 Å². The molecule has 0 unspecified atom stereocenters. The maximum absolute atomic E-state index is 11.0. The molecule has 2 N–H and O–H groups in total. The van der Waals surface area contributed by atoms with Crippen molar-refractivity contribution in [3.05, 3.63) is 38.2 Å². The van der Waals surface area contributed by atoms with E-state index in [0.717, 1.165) is 17.9 Å². The van der Waals surface area contributed by atoms with E-state index in [1.54, 1.807) is 0 Å². The second-order valence-corrected chi connectivity index (χ2v) is 6.55. The molecule has 0 saturated heterocycles. The SMILES string of the molecule is Cn1cc(CNCc2csc(=O)[nH]2)c(C(C)(C)C)n1. The number of nitrogens with zero attached hydrogens (tertiary/aromatic N) is 2. The Morgan fingerprint density at radius 1 is 1.42 bits per heavy atom. The number of rotatable bonds is 4. The lowest BCUT2D eigenvalue weighted by Crippen LogP contribution is -2.19. The lowest BCUT2D eigenvalue weighted by molar-refractivity contribution is 0.543. The molecule has 5 nitrogen and oxygen atoms in total. The van der Waals surface area contributed by atoms with E-state index in [1.165, 1.54) is 16.9 Å². The summed E-state index contributed by atoms with van der Waals surface area (Å²) in [6.45, 7) is 7.90. The van der Waals surface area contributed by atoms with Gasteiger partial charge in [-0.2, -0.15) is 5.10 Å². The first-order valence-corrected chi connectivity index (χ1v) is 7.14. The van der Waals surface area contributed by atoms with Gasteiger partial charge in [-0.05, 0) is 0 Å². The first kappa shape index (κ1) is 14.0. The second kappa shape index (κ2) is 5.30. The molecule has 0 spiro atoms. The molecule has 0 amide bonds. The van der Waals surface area contributed by atoms with Gasteiger partial charge in [0.15, 0.2) is 0 Å². The summed E-state index contributed by atoms with van der Waals surface area (Å²) in [4.78, 5) is 13.8. The molecule has 6 heteroatoms. The van der Waals surface area contributed by atoms with Crippen molar-refractivity contribution in [1.29, 1.82) is 0 Å². The molecule has 19 heavy (non-hydrogen) atoms. The lowest BCUT2D eigenvalue weighted by atomic mass is 9.89. The van der Waals surface area contributed by atoms with E-state index in [2.05, 4.69) is 36.2 Å². The standard InChI is InChI=1S/C13H20N4OS/c1-13(2,3)11-9(7-17(4)16-11)5-14-6-10-8-19-12(18)15-10/h7-8,14H,5-6H2,1-4H3,(H,15,18). The van der Waals surface area contributed by atoms with Gasteiger partial charge in [0.25, 0.3) is 0 Å². The molecular weight excluding hydrogens is 260 g/mol. The predicted octanol–water partition coefficient (Wildman–Crippen LogP) is 1.76. The smallest absolute Gasteiger partial charge is 0.304 e. The van der Waals surface area contributed by atoms with Crippen LogP contribution in [0.5, 0.6) is 0 Å². The minimum atomic E-state index is -0.00596. The van der Waals surface area contributed by atoms with Gasteiger partial charge < -0.3 is 10.3 Å². The van der Waals surface area contributed by atoms with Gasteiger partial charge in [-0.25, -0.2) is 0 Å². The van der Waals surface area contributed by atoms with Gasteiger partial charge in [0.1, 0.15) is 0 Å². The number of thiazole rings is 1. The first-order valence-electron chi connectivity index (χ1n) is 6.26. The molecule has 0 aliphatic rings. The number of H-pyrrole nitrogens is 1. The van der Waals surface area contributed by atoms with Crippen LogP contribution in [0.25, 0.3) is 0 Å². The third-order valence-electron chi connectivity index (χ3n) is 2.82. The van der Waals surface area contributed by atoms with Crippen molar-refractivity contribution in [2.24, 2.45) is 7.05 Å². The highest BCUT2D eigenvalue weighted by atomic mass is 32.1. The van der Waals surface area contributed by atoms with Gasteiger partial charge in [-0.3, -0.25) is 9.48 Å². The topological polar surface area (TPSA) is 62.7 Å². The van der Waals surface area contributed by atoms with Crippen LogP contribution in [0.3, 0.4) is 0 Å². The quantitative estimate of drug-likeness (QED) is 0.897. The van der Waals surface area contributed by atoms with Crippen molar-refractivity contribution < 1.29 is 0 Å². The fraction of sp³-hybridized carbons (Fsp3) is 0.538. The minimum Gasteiger partial charge on any atom is -0.315 e. The predicted molar refractivity (Wildman–Crippen MR) is 77.4 cm³/mol. The van der Waals surface area contributed by atoms with Crippen LogP contribution >= 0.6 is 11.3 Å². The number of hydrogen-bond acceptors (Lipinski definition) is 4. The van der Waals surface area contributed by atoms with E-state index in [4.69, 9.17) is 0 Å². The number of nitrogens with one attached hydrogen (secondary N) is 2. The number of aromatic amines is 1. The Kier molecular flexibility index (Phi) is 3.91. The summed E-state index contributed by atoms with van der Waals surface area (Å²) in [5.41, 5.74) is 3.28. The maximum Gasteiger partial charge on any atom is 0.304 e. The summed E-state index contributed by atoms with van der Waals surface area (Å²) in [5.74, 6) is 0. The minimum absolute atomic E-state index is 0.00596. The zero-order valence-electron chi connectivity index (χ0n) is 11.8. The van der Waals surface area contributed by atoms with Crippen molar-refractivity contribution in [3.8, 4) is 0 Å². The van der Waals surface area contributed by atoms with Crippen LogP contribution in [0, 0.1) is 0 Å². The molecule has 0 saturated carbocycles. The van der Waals surface area contributed by atoms with E-state index in [9.17, 15) is 4.79 Å². The summed E-state index contributed by atoms with van der Waals surface area (Å²) < 4.78 is 1.85. The molecule has 0 fully saturated rings. The second-order valence-electron chi connectivity index (χ2n) is 5.70. The van der Waals surface area contributed by atoms with Crippen LogP contribution in [0.2, 0.25) is 0 Å². The molecule has 0 aliphatic carbocycles. The molecule has 0 aliphatic heterocycles. The van der Waals surface area contributed by atoms with Crippen LogP contribution in [0.1, 0.15) is 37.7 Å². The summed E-state index contributed by atoms with van der Waals surface area (Å²) in [6.07, 6.45) is 2.05. The van der Waals surface area contributed by atoms with E-state index >= 15 is 0 Å². The van der Waals surface area contributed by atoms with Crippen molar-refractivity contribution in [1.82, 2.24) is 20.1 Å². The molecule has 2 aromatic heterocycles. The molecule has 2 aromatic rings. The fourth-order valence-electron chi connectivity index (χ4n) is 2.03. The highest BCUT2D eigenvalue weighted by Gasteiger charge is 2.21. The maximum atomic E-state index is 11.0. The molecule has 0 aromatic carbocycles. The molecular formula is C13H20N4OS. The van der Waals surface area contributed by atoms with Gasteiger partial charge >= 0.3 is 4.87 Å². The van der Waals surface area contributed by atoms with Gasteiger partial charge in [0.05, 0.1) is 5.69 Å². The van der Waals surface area contributed by atoms with E-state index < -0.39 is 0 Å². The van der Waals surface area contributed by atoms with Crippen LogP contribution in [0.4, 0.5) is 0 Å². The highest BCUT2D eigenvalue weighted by Crippen LogP contribution is 2.23. The van der Waals surface area contributed by atoms with Crippen molar-refractivity contribution in [3.63, 3.8) is 0 Å². The molecule has 2 heterocycles. The lowest BCUT2D eigenvalue weighted by Gasteiger charge is -2.17. The number of hydrogen-bond donors (Lipinski definition) is 2. The fourth-order valence-corrected chi connectivity index (χ4v) is 2.61. The molecule has 2 rings (SSSR count). The Hall–Kier alpha value is -1.40. The third kappa shape index (κ3) is 3.54. The Morgan fingerprint density at radius 3 is 2.74 bits per heavy atom. The summed E-state index contributed by atoms with van der Waals surface area (Å²) in [5, 5.41) is 9.72. The van der Waals surface area contributed by atoms with Crippen molar-refractivity contribution >= 4 is 11.3 Å². The van der Waals surface area contributed by atoms with Crippen molar-refractivity contribution in [2.45, 2.75) is 39.3 Å².